The summed E-state index contributed by atoms with van der Waals surface area (Å²) < 4.78 is 1.52. The van der Waals surface area contributed by atoms with Crippen molar-refractivity contribution >= 4 is 11.6 Å². The summed E-state index contributed by atoms with van der Waals surface area (Å²) in [5, 5.41) is 26.6. The third kappa shape index (κ3) is 3.86. The number of aryl methyl sites for hydroxylation is 3. The molecule has 0 atom stereocenters. The van der Waals surface area contributed by atoms with Crippen molar-refractivity contribution in [1.29, 1.82) is 0 Å². The van der Waals surface area contributed by atoms with E-state index >= 15 is 0 Å². The lowest BCUT2D eigenvalue weighted by Gasteiger charge is -2.12. The Bertz CT molecular complexity index is 1140. The molecule has 0 saturated carbocycles. The molecule has 0 fully saturated rings. The van der Waals surface area contributed by atoms with Crippen molar-refractivity contribution in [3.63, 3.8) is 0 Å². The Morgan fingerprint density at radius 3 is 2.55 bits per heavy atom. The molecule has 146 valence electrons. The number of tetrazole rings is 2. The van der Waals surface area contributed by atoms with Crippen molar-refractivity contribution in [2.45, 2.75) is 27.3 Å². The zero-order chi connectivity index (χ0) is 20.4. The lowest BCUT2D eigenvalue weighted by molar-refractivity contribution is -0.117. The molecule has 0 aliphatic heterocycles. The highest BCUT2D eigenvalue weighted by atomic mass is 16.2. The molecule has 2 heterocycles. The molecular formula is C19H19N9O. The normalized spacial score (nSPS) is 10.9. The summed E-state index contributed by atoms with van der Waals surface area (Å²) in [5.41, 5.74) is 5.41. The van der Waals surface area contributed by atoms with Gasteiger partial charge < -0.3 is 5.32 Å². The van der Waals surface area contributed by atoms with Crippen molar-refractivity contribution in [3.05, 3.63) is 59.4 Å². The minimum Gasteiger partial charge on any atom is -0.324 e. The molecule has 0 aliphatic carbocycles. The summed E-state index contributed by atoms with van der Waals surface area (Å²) >= 11 is 0. The minimum absolute atomic E-state index is 0.0488. The van der Waals surface area contributed by atoms with Gasteiger partial charge in [-0.25, -0.2) is 0 Å². The Kier molecular flexibility index (Phi) is 4.82. The van der Waals surface area contributed by atoms with Gasteiger partial charge in [-0.3, -0.25) is 4.79 Å². The van der Waals surface area contributed by atoms with E-state index in [9.17, 15) is 4.79 Å². The average molecular weight is 389 g/mol. The number of hydrogen-bond acceptors (Lipinski definition) is 7. The highest BCUT2D eigenvalue weighted by molar-refractivity contribution is 5.92. The molecule has 0 aliphatic rings. The first-order chi connectivity index (χ1) is 14.0. The zero-order valence-electron chi connectivity index (χ0n) is 16.2. The third-order valence-electron chi connectivity index (χ3n) is 4.42. The lowest BCUT2D eigenvalue weighted by atomic mass is 10.1. The molecule has 0 saturated heterocycles. The zero-order valence-corrected chi connectivity index (χ0v) is 16.2. The topological polar surface area (TPSA) is 116 Å². The number of amides is 1. The maximum Gasteiger partial charge on any atom is 0.248 e. The molecule has 29 heavy (non-hydrogen) atoms. The van der Waals surface area contributed by atoms with E-state index in [1.54, 1.807) is 0 Å². The number of hydrogen-bond donors (Lipinski definition) is 1. The molecule has 4 aromatic rings. The van der Waals surface area contributed by atoms with Gasteiger partial charge in [-0.2, -0.15) is 9.48 Å². The van der Waals surface area contributed by atoms with Gasteiger partial charge in [-0.05, 0) is 59.7 Å². The van der Waals surface area contributed by atoms with Crippen LogP contribution in [0.2, 0.25) is 0 Å². The molecule has 10 heteroatoms. The van der Waals surface area contributed by atoms with Gasteiger partial charge in [0, 0.05) is 11.3 Å². The Morgan fingerprint density at radius 1 is 1.07 bits per heavy atom. The standard InChI is InChI=1S/C19H19N9O/c1-12-8-13(2)18(14(3)9-12)21-17(29)10-28-23-19(22-25-28)15-6-4-5-7-16(15)27-11-20-24-26-27/h4-9,11H,10H2,1-3H3,(H,21,29). The molecule has 4 rings (SSSR count). The number of para-hydroxylation sites is 1. The Hall–Kier alpha value is -3.95. The Balaban J connectivity index is 1.53. The number of anilines is 1. The molecule has 0 radical (unpaired) electrons. The van der Waals surface area contributed by atoms with Crippen molar-refractivity contribution < 1.29 is 4.79 Å². The lowest BCUT2D eigenvalue weighted by Crippen LogP contribution is -2.21. The number of rotatable bonds is 5. The van der Waals surface area contributed by atoms with Crippen molar-refractivity contribution in [2.24, 2.45) is 0 Å². The third-order valence-corrected chi connectivity index (χ3v) is 4.42. The highest BCUT2D eigenvalue weighted by Gasteiger charge is 2.15. The van der Waals surface area contributed by atoms with Gasteiger partial charge in [0.1, 0.15) is 12.9 Å². The second kappa shape index (κ2) is 7.58. The van der Waals surface area contributed by atoms with Gasteiger partial charge >= 0.3 is 0 Å². The van der Waals surface area contributed by atoms with Crippen LogP contribution in [0.4, 0.5) is 5.69 Å². The summed E-state index contributed by atoms with van der Waals surface area (Å²) in [5.74, 6) is 0.157. The molecule has 0 spiro atoms. The number of aromatic nitrogens is 8. The van der Waals surface area contributed by atoms with Crippen molar-refractivity contribution in [2.75, 3.05) is 5.32 Å². The number of nitrogens with zero attached hydrogens (tertiary/aromatic N) is 8. The number of nitrogens with one attached hydrogen (secondary N) is 1. The van der Waals surface area contributed by atoms with Crippen LogP contribution in [0.3, 0.4) is 0 Å². The van der Waals surface area contributed by atoms with Gasteiger partial charge in [0.2, 0.25) is 11.7 Å². The number of benzene rings is 2. The highest BCUT2D eigenvalue weighted by Crippen LogP contribution is 2.23. The SMILES string of the molecule is Cc1cc(C)c(NC(=O)Cn2nnc(-c3ccccc3-n3cnnn3)n2)c(C)c1. The van der Waals surface area contributed by atoms with Crippen LogP contribution < -0.4 is 5.32 Å². The predicted molar refractivity (Wildman–Crippen MR) is 105 cm³/mol. The minimum atomic E-state index is -0.224. The maximum atomic E-state index is 12.5. The molecule has 1 N–H and O–H groups in total. The van der Waals surface area contributed by atoms with Crippen molar-refractivity contribution in [3.8, 4) is 17.1 Å². The smallest absolute Gasteiger partial charge is 0.248 e. The molecule has 10 nitrogen and oxygen atoms in total. The predicted octanol–water partition coefficient (Wildman–Crippen LogP) is 1.88. The van der Waals surface area contributed by atoms with Gasteiger partial charge in [0.15, 0.2) is 0 Å². The molecule has 0 unspecified atom stereocenters. The van der Waals surface area contributed by atoms with Crippen LogP contribution in [0.5, 0.6) is 0 Å². The van der Waals surface area contributed by atoms with Crippen LogP contribution in [0.25, 0.3) is 17.1 Å². The van der Waals surface area contributed by atoms with E-state index in [2.05, 4.69) is 36.3 Å². The monoisotopic (exact) mass is 389 g/mol. The number of carbonyl (C=O) groups is 1. The molecule has 0 bridgehead atoms. The van der Waals surface area contributed by atoms with E-state index in [1.165, 1.54) is 15.8 Å². The second-order valence-corrected chi connectivity index (χ2v) is 6.74. The van der Waals surface area contributed by atoms with Gasteiger partial charge in [0.25, 0.3) is 0 Å². The van der Waals surface area contributed by atoms with Crippen molar-refractivity contribution in [1.82, 2.24) is 40.4 Å². The average Bonchev–Trinajstić information content (AvgIpc) is 3.37. The summed E-state index contributed by atoms with van der Waals surface area (Å²) in [4.78, 5) is 13.8. The van der Waals surface area contributed by atoms with Crippen LogP contribution in [-0.2, 0) is 11.3 Å². The summed E-state index contributed by atoms with van der Waals surface area (Å²) in [7, 11) is 0. The largest absolute Gasteiger partial charge is 0.324 e. The second-order valence-electron chi connectivity index (χ2n) is 6.74. The fraction of sp³-hybridized carbons (Fsp3) is 0.211. The van der Waals surface area contributed by atoms with Crippen LogP contribution in [-0.4, -0.2) is 46.3 Å². The first-order valence-electron chi connectivity index (χ1n) is 8.99. The number of carbonyl (C=O) groups excluding carboxylic acids is 1. The molecule has 2 aromatic heterocycles. The van der Waals surface area contributed by atoms with Crippen LogP contribution in [0.1, 0.15) is 16.7 Å². The van der Waals surface area contributed by atoms with E-state index in [-0.39, 0.29) is 12.5 Å². The summed E-state index contributed by atoms with van der Waals surface area (Å²) in [6, 6.07) is 11.5. The van der Waals surface area contributed by atoms with Crippen LogP contribution in [0, 0.1) is 20.8 Å². The van der Waals surface area contributed by atoms with Gasteiger partial charge in [-0.15, -0.1) is 15.3 Å². The Morgan fingerprint density at radius 2 is 1.83 bits per heavy atom. The Labute approximate surface area is 166 Å². The fourth-order valence-electron chi connectivity index (χ4n) is 3.24. The quantitative estimate of drug-likeness (QED) is 0.554. The fourth-order valence-corrected chi connectivity index (χ4v) is 3.24. The summed E-state index contributed by atoms with van der Waals surface area (Å²) in [6.45, 7) is 5.92. The first kappa shape index (κ1) is 18.4. The van der Waals surface area contributed by atoms with Gasteiger partial charge in [0.05, 0.1) is 5.69 Å². The van der Waals surface area contributed by atoms with E-state index in [4.69, 9.17) is 0 Å². The van der Waals surface area contributed by atoms with Crippen LogP contribution in [0.15, 0.2) is 42.7 Å². The van der Waals surface area contributed by atoms with E-state index in [0.29, 0.717) is 17.1 Å². The van der Waals surface area contributed by atoms with Gasteiger partial charge in [-0.1, -0.05) is 29.8 Å². The first-order valence-corrected chi connectivity index (χ1v) is 8.99. The van der Waals surface area contributed by atoms with E-state index in [1.807, 2.05) is 57.2 Å². The maximum absolute atomic E-state index is 12.5. The van der Waals surface area contributed by atoms with Crippen LogP contribution >= 0.6 is 0 Å². The van der Waals surface area contributed by atoms with E-state index in [0.717, 1.165) is 22.4 Å². The molecule has 1 amide bonds. The van der Waals surface area contributed by atoms with E-state index < -0.39 is 0 Å². The summed E-state index contributed by atoms with van der Waals surface area (Å²) in [6.07, 6.45) is 1.49. The molecule has 2 aromatic carbocycles. The molecular weight excluding hydrogens is 370 g/mol.